The molecule has 0 bridgehead atoms. The summed E-state index contributed by atoms with van der Waals surface area (Å²) in [5.74, 6) is 0.687. The number of methoxy groups -OCH3 is 1. The first-order chi connectivity index (χ1) is 9.20. The predicted molar refractivity (Wildman–Crippen MR) is 78.8 cm³/mol. The summed E-state index contributed by atoms with van der Waals surface area (Å²) in [6.07, 6.45) is 5.40. The van der Waals surface area contributed by atoms with Gasteiger partial charge in [0.1, 0.15) is 0 Å². The number of likely N-dealkylation sites (tertiary alicyclic amines) is 1. The van der Waals surface area contributed by atoms with Crippen LogP contribution in [0.4, 0.5) is 5.69 Å². The molecule has 4 nitrogen and oxygen atoms in total. The first kappa shape index (κ1) is 14.1. The Kier molecular flexibility index (Phi) is 5.02. The summed E-state index contributed by atoms with van der Waals surface area (Å²) >= 11 is 0. The molecule has 4 heteroatoms. The molecule has 1 aromatic rings. The molecule has 106 valence electrons. The number of pyridine rings is 1. The molecule has 1 aliphatic rings. The van der Waals surface area contributed by atoms with E-state index in [1.165, 1.54) is 25.8 Å². The zero-order valence-corrected chi connectivity index (χ0v) is 12.2. The van der Waals surface area contributed by atoms with Crippen molar-refractivity contribution in [2.45, 2.75) is 45.2 Å². The predicted octanol–water partition coefficient (Wildman–Crippen LogP) is 2.77. The van der Waals surface area contributed by atoms with Gasteiger partial charge in [0.25, 0.3) is 0 Å². The Hall–Kier alpha value is -1.29. The summed E-state index contributed by atoms with van der Waals surface area (Å²) in [4.78, 5) is 6.79. The minimum absolute atomic E-state index is 0.516. The minimum atomic E-state index is 0.516. The number of aromatic nitrogens is 1. The third kappa shape index (κ3) is 3.83. The van der Waals surface area contributed by atoms with Gasteiger partial charge in [-0.1, -0.05) is 0 Å². The molecule has 0 radical (unpaired) electrons. The summed E-state index contributed by atoms with van der Waals surface area (Å²) in [5.41, 5.74) is 1.01. The Morgan fingerprint density at radius 3 is 2.95 bits per heavy atom. The monoisotopic (exact) mass is 263 g/mol. The normalized spacial score (nSPS) is 21.2. The molecule has 1 atom stereocenters. The summed E-state index contributed by atoms with van der Waals surface area (Å²) in [7, 11) is 1.67. The lowest BCUT2D eigenvalue weighted by atomic mass is 10.1. The Bertz CT molecular complexity index is 395. The quantitative estimate of drug-likeness (QED) is 0.906. The molecule has 0 aliphatic carbocycles. The molecule has 1 unspecified atom stereocenters. The van der Waals surface area contributed by atoms with Crippen molar-refractivity contribution in [2.75, 3.05) is 25.5 Å². The van der Waals surface area contributed by atoms with Gasteiger partial charge < -0.3 is 15.0 Å². The van der Waals surface area contributed by atoms with Gasteiger partial charge in [0, 0.05) is 24.8 Å². The number of hydrogen-bond acceptors (Lipinski definition) is 4. The van der Waals surface area contributed by atoms with E-state index >= 15 is 0 Å². The van der Waals surface area contributed by atoms with Gasteiger partial charge in [-0.2, -0.15) is 0 Å². The fraction of sp³-hybridized carbons (Fsp3) is 0.667. The SMILES string of the molecule is COc1ncccc1NC1CCCN(C(C)C)CC1. The van der Waals surface area contributed by atoms with E-state index in [1.807, 2.05) is 12.1 Å². The summed E-state index contributed by atoms with van der Waals surface area (Å²) in [6, 6.07) is 5.15. The molecule has 1 N–H and O–H groups in total. The van der Waals surface area contributed by atoms with Crippen LogP contribution in [0.5, 0.6) is 5.88 Å². The zero-order chi connectivity index (χ0) is 13.7. The van der Waals surface area contributed by atoms with Crippen LogP contribution in [0.15, 0.2) is 18.3 Å². The molecule has 2 rings (SSSR count). The smallest absolute Gasteiger partial charge is 0.237 e. The van der Waals surface area contributed by atoms with Gasteiger partial charge in [-0.25, -0.2) is 4.98 Å². The number of anilines is 1. The molecule has 1 aliphatic heterocycles. The molecule has 19 heavy (non-hydrogen) atoms. The van der Waals surface area contributed by atoms with E-state index in [1.54, 1.807) is 13.3 Å². The highest BCUT2D eigenvalue weighted by molar-refractivity contribution is 5.52. The van der Waals surface area contributed by atoms with E-state index in [0.717, 1.165) is 12.2 Å². The van der Waals surface area contributed by atoms with Crippen LogP contribution in [-0.4, -0.2) is 42.2 Å². The van der Waals surface area contributed by atoms with Crippen LogP contribution in [0.25, 0.3) is 0 Å². The second-order valence-corrected chi connectivity index (χ2v) is 5.46. The number of hydrogen-bond donors (Lipinski definition) is 1. The van der Waals surface area contributed by atoms with Crippen molar-refractivity contribution >= 4 is 5.69 Å². The van der Waals surface area contributed by atoms with Crippen molar-refractivity contribution in [3.63, 3.8) is 0 Å². The lowest BCUT2D eigenvalue weighted by Gasteiger charge is -2.24. The van der Waals surface area contributed by atoms with E-state index < -0.39 is 0 Å². The van der Waals surface area contributed by atoms with Crippen molar-refractivity contribution in [3.8, 4) is 5.88 Å². The van der Waals surface area contributed by atoms with Gasteiger partial charge in [-0.3, -0.25) is 0 Å². The van der Waals surface area contributed by atoms with E-state index in [2.05, 4.69) is 29.0 Å². The maximum atomic E-state index is 5.29. The topological polar surface area (TPSA) is 37.4 Å². The van der Waals surface area contributed by atoms with Gasteiger partial charge in [-0.15, -0.1) is 0 Å². The van der Waals surface area contributed by atoms with Crippen molar-refractivity contribution in [2.24, 2.45) is 0 Å². The molecular formula is C15H25N3O. The summed E-state index contributed by atoms with van der Waals surface area (Å²) in [5, 5.41) is 3.59. The largest absolute Gasteiger partial charge is 0.480 e. The maximum absolute atomic E-state index is 5.29. The second-order valence-electron chi connectivity index (χ2n) is 5.46. The Morgan fingerprint density at radius 1 is 1.37 bits per heavy atom. The fourth-order valence-corrected chi connectivity index (χ4v) is 2.66. The van der Waals surface area contributed by atoms with Crippen LogP contribution in [-0.2, 0) is 0 Å². The first-order valence-corrected chi connectivity index (χ1v) is 7.20. The maximum Gasteiger partial charge on any atom is 0.237 e. The molecule has 0 aromatic carbocycles. The van der Waals surface area contributed by atoms with E-state index in [0.29, 0.717) is 18.0 Å². The average Bonchev–Trinajstić information content (AvgIpc) is 2.65. The van der Waals surface area contributed by atoms with E-state index in [4.69, 9.17) is 4.74 Å². The number of nitrogens with zero attached hydrogens (tertiary/aromatic N) is 2. The number of rotatable bonds is 4. The van der Waals surface area contributed by atoms with Gasteiger partial charge in [0.15, 0.2) is 0 Å². The molecule has 1 saturated heterocycles. The molecule has 0 amide bonds. The highest BCUT2D eigenvalue weighted by Gasteiger charge is 2.19. The summed E-state index contributed by atoms with van der Waals surface area (Å²) in [6.45, 7) is 6.92. The van der Waals surface area contributed by atoms with Crippen LogP contribution >= 0.6 is 0 Å². The van der Waals surface area contributed by atoms with Crippen LogP contribution in [0.2, 0.25) is 0 Å². The van der Waals surface area contributed by atoms with E-state index in [-0.39, 0.29) is 0 Å². The molecule has 1 aromatic heterocycles. The van der Waals surface area contributed by atoms with Gasteiger partial charge >= 0.3 is 0 Å². The Labute approximate surface area is 116 Å². The zero-order valence-electron chi connectivity index (χ0n) is 12.2. The second kappa shape index (κ2) is 6.75. The van der Waals surface area contributed by atoms with Crippen LogP contribution in [0.3, 0.4) is 0 Å². The van der Waals surface area contributed by atoms with Crippen LogP contribution in [0, 0.1) is 0 Å². The first-order valence-electron chi connectivity index (χ1n) is 7.20. The molecule has 1 fully saturated rings. The molecule has 2 heterocycles. The number of ether oxygens (including phenoxy) is 1. The standard InChI is InChI=1S/C15H25N3O/c1-12(2)18-10-5-6-13(8-11-18)17-14-7-4-9-16-15(14)19-3/h4,7,9,12-13,17H,5-6,8,10-11H2,1-3H3. The lowest BCUT2D eigenvalue weighted by molar-refractivity contribution is 0.230. The lowest BCUT2D eigenvalue weighted by Crippen LogP contribution is -2.32. The Morgan fingerprint density at radius 2 is 2.21 bits per heavy atom. The van der Waals surface area contributed by atoms with Crippen LogP contribution < -0.4 is 10.1 Å². The number of nitrogens with one attached hydrogen (secondary N) is 1. The van der Waals surface area contributed by atoms with Gasteiger partial charge in [0.05, 0.1) is 12.8 Å². The third-order valence-corrected chi connectivity index (χ3v) is 3.82. The Balaban J connectivity index is 1.96. The average molecular weight is 263 g/mol. The molecule has 0 spiro atoms. The molecule has 0 saturated carbocycles. The van der Waals surface area contributed by atoms with Crippen molar-refractivity contribution in [3.05, 3.63) is 18.3 Å². The molecular weight excluding hydrogens is 238 g/mol. The highest BCUT2D eigenvalue weighted by atomic mass is 16.5. The van der Waals surface area contributed by atoms with Gasteiger partial charge in [-0.05, 0) is 51.8 Å². The summed E-state index contributed by atoms with van der Waals surface area (Å²) < 4.78 is 5.29. The highest BCUT2D eigenvalue weighted by Crippen LogP contribution is 2.24. The van der Waals surface area contributed by atoms with E-state index in [9.17, 15) is 0 Å². The van der Waals surface area contributed by atoms with Gasteiger partial charge in [0.2, 0.25) is 5.88 Å². The van der Waals surface area contributed by atoms with Crippen molar-refractivity contribution < 1.29 is 4.74 Å². The third-order valence-electron chi connectivity index (χ3n) is 3.82. The fourth-order valence-electron chi connectivity index (χ4n) is 2.66. The minimum Gasteiger partial charge on any atom is -0.480 e. The van der Waals surface area contributed by atoms with Crippen molar-refractivity contribution in [1.29, 1.82) is 0 Å². The van der Waals surface area contributed by atoms with Crippen molar-refractivity contribution in [1.82, 2.24) is 9.88 Å². The van der Waals surface area contributed by atoms with Crippen LogP contribution in [0.1, 0.15) is 33.1 Å².